The third-order valence-corrected chi connectivity index (χ3v) is 8.20. The van der Waals surface area contributed by atoms with Gasteiger partial charge in [-0.2, -0.15) is 0 Å². The summed E-state index contributed by atoms with van der Waals surface area (Å²) in [5.74, 6) is 1.14. The number of rotatable bonds is 2. The Morgan fingerprint density at radius 3 is 2.29 bits per heavy atom. The van der Waals surface area contributed by atoms with Crippen LogP contribution in [0.3, 0.4) is 0 Å². The van der Waals surface area contributed by atoms with Crippen molar-refractivity contribution in [3.05, 3.63) is 66.2 Å². The van der Waals surface area contributed by atoms with Gasteiger partial charge in [-0.1, -0.05) is 65.8 Å². The number of pyridine rings is 1. The van der Waals surface area contributed by atoms with Gasteiger partial charge >= 0.3 is 0 Å². The Morgan fingerprint density at radius 2 is 1.63 bits per heavy atom. The van der Waals surface area contributed by atoms with Crippen LogP contribution in [0.2, 0.25) is 0 Å². The Morgan fingerprint density at radius 1 is 0.914 bits per heavy atom. The Balaban J connectivity index is 0.000000195. The Hall–Kier alpha value is -1.58. The van der Waals surface area contributed by atoms with Crippen molar-refractivity contribution < 1.29 is 30.3 Å². The number of aliphatic hydroxyl groups is 2. The third-order valence-electron chi connectivity index (χ3n) is 8.20. The van der Waals surface area contributed by atoms with Gasteiger partial charge in [-0.05, 0) is 59.3 Å². The summed E-state index contributed by atoms with van der Waals surface area (Å²) in [4.78, 5) is 4.76. The second-order valence-corrected chi connectivity index (χ2v) is 12.0. The van der Waals surface area contributed by atoms with Gasteiger partial charge < -0.3 is 10.2 Å². The smallest absolute Gasteiger partial charge is 0.0646 e. The fraction of sp³-hybridized carbons (Fsp3) is 0.516. The predicted octanol–water partition coefficient (Wildman–Crippen LogP) is 7.01. The number of hydrogen-bond acceptors (Lipinski definition) is 3. The normalized spacial score (nSPS) is 26.4. The van der Waals surface area contributed by atoms with Crippen LogP contribution in [0.4, 0.5) is 0 Å². The zero-order valence-corrected chi connectivity index (χ0v) is 24.3. The van der Waals surface area contributed by atoms with Gasteiger partial charge in [0.05, 0.1) is 17.7 Å². The number of aliphatic hydroxyl groups excluding tert-OH is 2. The molecule has 0 saturated heterocycles. The van der Waals surface area contributed by atoms with Crippen molar-refractivity contribution in [3.63, 3.8) is 0 Å². The molecule has 3 aromatic rings. The van der Waals surface area contributed by atoms with E-state index in [0.717, 1.165) is 36.0 Å². The molecule has 35 heavy (non-hydrogen) atoms. The summed E-state index contributed by atoms with van der Waals surface area (Å²) in [7, 11) is 0. The topological polar surface area (TPSA) is 53.4 Å². The van der Waals surface area contributed by atoms with Gasteiger partial charge in [0.2, 0.25) is 0 Å². The van der Waals surface area contributed by atoms with Crippen LogP contribution in [0.1, 0.15) is 72.3 Å². The molecule has 4 unspecified atom stereocenters. The molecule has 5 rings (SSSR count). The van der Waals surface area contributed by atoms with Crippen molar-refractivity contribution >= 4 is 10.9 Å². The molecule has 4 heteroatoms. The molecule has 0 spiro atoms. The van der Waals surface area contributed by atoms with Crippen molar-refractivity contribution in [2.45, 2.75) is 78.9 Å². The standard InChI is InChI=1S/C18H16N.C13H24O2.Ir/c1-13(2)15-9-6-10-18-16(15)11-12-17(19-18)14-7-4-3-5-8-14;1-12(2)6-5-8-7-13(3,4)11(15)9(8)10(12)14;/h3-7,9-13H,1-2H3;8-11,14-15H,5-7H2,1-4H3;/q-1;;. The molecule has 2 aromatic carbocycles. The Labute approximate surface area is 224 Å². The van der Waals surface area contributed by atoms with E-state index < -0.39 is 0 Å². The minimum absolute atomic E-state index is 0. The maximum atomic E-state index is 10.3. The van der Waals surface area contributed by atoms with Gasteiger partial charge in [0.25, 0.3) is 0 Å². The van der Waals surface area contributed by atoms with Crippen LogP contribution in [-0.4, -0.2) is 27.4 Å². The van der Waals surface area contributed by atoms with E-state index in [4.69, 9.17) is 4.98 Å². The molecule has 2 fully saturated rings. The minimum atomic E-state index is -0.340. The van der Waals surface area contributed by atoms with Crippen LogP contribution in [0, 0.1) is 28.7 Å². The van der Waals surface area contributed by atoms with Gasteiger partial charge in [-0.3, -0.25) is 4.98 Å². The van der Waals surface area contributed by atoms with Crippen molar-refractivity contribution in [3.8, 4) is 11.3 Å². The van der Waals surface area contributed by atoms with E-state index >= 15 is 0 Å². The first-order valence-electron chi connectivity index (χ1n) is 12.7. The first kappa shape index (κ1) is 28.0. The number of hydrogen-bond donors (Lipinski definition) is 2. The molecule has 2 aliphatic carbocycles. The van der Waals surface area contributed by atoms with Gasteiger partial charge in [-0.15, -0.1) is 35.9 Å². The molecule has 2 saturated carbocycles. The summed E-state index contributed by atoms with van der Waals surface area (Å²) in [5.41, 5.74) is 4.39. The summed E-state index contributed by atoms with van der Waals surface area (Å²) < 4.78 is 0. The van der Waals surface area contributed by atoms with Crippen molar-refractivity contribution in [2.75, 3.05) is 0 Å². The van der Waals surface area contributed by atoms with Crippen LogP contribution >= 0.6 is 0 Å². The molecule has 1 radical (unpaired) electrons. The molecule has 0 amide bonds. The second kappa shape index (κ2) is 10.8. The quantitative estimate of drug-likeness (QED) is 0.294. The third kappa shape index (κ3) is 5.72. The Kier molecular flexibility index (Phi) is 8.64. The summed E-state index contributed by atoms with van der Waals surface area (Å²) >= 11 is 0. The van der Waals surface area contributed by atoms with Gasteiger partial charge in [-0.25, -0.2) is 0 Å². The van der Waals surface area contributed by atoms with Gasteiger partial charge in [0.1, 0.15) is 0 Å². The van der Waals surface area contributed by atoms with Crippen LogP contribution in [-0.2, 0) is 20.1 Å². The molecule has 3 nitrogen and oxygen atoms in total. The molecule has 4 atom stereocenters. The summed E-state index contributed by atoms with van der Waals surface area (Å²) in [6.07, 6.45) is 2.63. The van der Waals surface area contributed by atoms with E-state index in [9.17, 15) is 10.2 Å². The average molecular weight is 651 g/mol. The van der Waals surface area contributed by atoms with Crippen LogP contribution in [0.15, 0.2) is 54.6 Å². The average Bonchev–Trinajstić information content (AvgIpc) is 3.05. The molecule has 0 aliphatic heterocycles. The molecular weight excluding hydrogens is 611 g/mol. The summed E-state index contributed by atoms with van der Waals surface area (Å²) in [5, 5.41) is 21.9. The second-order valence-electron chi connectivity index (χ2n) is 12.0. The van der Waals surface area contributed by atoms with Crippen molar-refractivity contribution in [1.82, 2.24) is 4.98 Å². The van der Waals surface area contributed by atoms with Gasteiger partial charge in [0.15, 0.2) is 0 Å². The molecule has 0 bridgehead atoms. The van der Waals surface area contributed by atoms with Crippen LogP contribution in [0.5, 0.6) is 0 Å². The number of aromatic nitrogens is 1. The van der Waals surface area contributed by atoms with Crippen LogP contribution < -0.4 is 0 Å². The first-order chi connectivity index (χ1) is 16.0. The number of benzene rings is 2. The predicted molar refractivity (Wildman–Crippen MR) is 141 cm³/mol. The molecule has 1 aromatic heterocycles. The zero-order valence-electron chi connectivity index (χ0n) is 21.9. The molecular formula is C31H40IrNO2-. The molecule has 2 N–H and O–H groups in total. The number of nitrogens with zero attached hydrogens (tertiary/aromatic N) is 1. The van der Waals surface area contributed by atoms with Crippen molar-refractivity contribution in [2.24, 2.45) is 22.7 Å². The summed E-state index contributed by atoms with van der Waals surface area (Å²) in [6, 6.07) is 21.8. The monoisotopic (exact) mass is 651 g/mol. The Bertz CT molecular complexity index is 1120. The van der Waals surface area contributed by atoms with Gasteiger partial charge in [0, 0.05) is 31.4 Å². The number of fused-ring (bicyclic) bond motifs is 2. The maximum absolute atomic E-state index is 10.3. The van der Waals surface area contributed by atoms with E-state index in [1.54, 1.807) is 0 Å². The van der Waals surface area contributed by atoms with E-state index in [-0.39, 0.29) is 49.1 Å². The minimum Gasteiger partial charge on any atom is -0.392 e. The summed E-state index contributed by atoms with van der Waals surface area (Å²) in [6.45, 7) is 12.9. The van der Waals surface area contributed by atoms with Crippen LogP contribution in [0.25, 0.3) is 22.2 Å². The fourth-order valence-corrected chi connectivity index (χ4v) is 6.05. The molecule has 191 valence electrons. The van der Waals surface area contributed by atoms with Crippen molar-refractivity contribution in [1.29, 1.82) is 0 Å². The SMILES string of the molecule is CC(C)c1cccc2nc(-c3[c-]cccc3)ccc12.CC1(C)CCC2CC(C)(C)C(O)C2C1O.[Ir]. The largest absolute Gasteiger partial charge is 0.392 e. The fourth-order valence-electron chi connectivity index (χ4n) is 6.05. The van der Waals surface area contributed by atoms with E-state index in [0.29, 0.717) is 11.8 Å². The maximum Gasteiger partial charge on any atom is 0.0646 e. The first-order valence-corrected chi connectivity index (χ1v) is 12.7. The molecule has 2 aliphatic rings. The van der Waals surface area contributed by atoms with E-state index in [1.807, 2.05) is 24.3 Å². The molecule has 1 heterocycles. The van der Waals surface area contributed by atoms with E-state index in [1.165, 1.54) is 10.9 Å². The zero-order chi connectivity index (χ0) is 24.7. The van der Waals surface area contributed by atoms with E-state index in [2.05, 4.69) is 77.9 Å².